The average Bonchev–Trinajstić information content (AvgIpc) is 2.46. The van der Waals surface area contributed by atoms with Crippen molar-refractivity contribution in [1.29, 1.82) is 0 Å². The van der Waals surface area contributed by atoms with Gasteiger partial charge in [0.15, 0.2) is 5.78 Å². The molecule has 2 atom stereocenters. The molecule has 0 bridgehead atoms. The van der Waals surface area contributed by atoms with E-state index in [0.29, 0.717) is 11.1 Å². The van der Waals surface area contributed by atoms with Gasteiger partial charge in [-0.1, -0.05) is 55.5 Å². The summed E-state index contributed by atoms with van der Waals surface area (Å²) in [5.41, 5.74) is 0.934. The van der Waals surface area contributed by atoms with E-state index in [2.05, 4.69) is 0 Å². The standard InChI is InChI=1S/C16H16O3/c1-11(15(18)12-7-3-2-4-8-12)16(19)13-9-5-6-10-14(13)17/h2-11,16-17,19H,1H3/t11-,16+/m1/s1. The Bertz CT molecular complexity index is 563. The lowest BCUT2D eigenvalue weighted by Gasteiger charge is -2.19. The minimum absolute atomic E-state index is 0.00251. The number of ketones is 1. The molecule has 2 rings (SSSR count). The Hall–Kier alpha value is -2.13. The van der Waals surface area contributed by atoms with Gasteiger partial charge < -0.3 is 10.2 Å². The molecule has 0 saturated carbocycles. The fourth-order valence-corrected chi connectivity index (χ4v) is 2.02. The van der Waals surface area contributed by atoms with Gasteiger partial charge in [-0.3, -0.25) is 4.79 Å². The number of hydrogen-bond acceptors (Lipinski definition) is 3. The molecule has 19 heavy (non-hydrogen) atoms. The second kappa shape index (κ2) is 5.67. The van der Waals surface area contributed by atoms with Gasteiger partial charge in [0.1, 0.15) is 5.75 Å². The molecule has 0 aliphatic carbocycles. The summed E-state index contributed by atoms with van der Waals surface area (Å²) in [5, 5.41) is 19.9. The fraction of sp³-hybridized carbons (Fsp3) is 0.188. The average molecular weight is 256 g/mol. The quantitative estimate of drug-likeness (QED) is 0.827. The van der Waals surface area contributed by atoms with E-state index < -0.39 is 12.0 Å². The first-order valence-electron chi connectivity index (χ1n) is 6.16. The molecule has 0 amide bonds. The van der Waals surface area contributed by atoms with Crippen molar-refractivity contribution in [2.24, 2.45) is 5.92 Å². The number of aromatic hydroxyl groups is 1. The van der Waals surface area contributed by atoms with Gasteiger partial charge in [0.25, 0.3) is 0 Å². The van der Waals surface area contributed by atoms with Gasteiger partial charge in [-0.05, 0) is 6.07 Å². The number of benzene rings is 2. The van der Waals surface area contributed by atoms with Crippen LogP contribution >= 0.6 is 0 Å². The highest BCUT2D eigenvalue weighted by Crippen LogP contribution is 2.30. The third kappa shape index (κ3) is 2.83. The Morgan fingerprint density at radius 2 is 1.58 bits per heavy atom. The maximum Gasteiger partial charge on any atom is 0.168 e. The minimum atomic E-state index is -1.02. The van der Waals surface area contributed by atoms with Crippen LogP contribution in [0.5, 0.6) is 5.75 Å². The molecular formula is C16H16O3. The van der Waals surface area contributed by atoms with Crippen molar-refractivity contribution < 1.29 is 15.0 Å². The van der Waals surface area contributed by atoms with Crippen LogP contribution in [0, 0.1) is 5.92 Å². The van der Waals surface area contributed by atoms with Crippen LogP contribution in [0.3, 0.4) is 0 Å². The molecule has 3 heteroatoms. The topological polar surface area (TPSA) is 57.5 Å². The number of carbonyl (C=O) groups excluding carboxylic acids is 1. The molecule has 0 aliphatic heterocycles. The van der Waals surface area contributed by atoms with Gasteiger partial charge in [0, 0.05) is 17.0 Å². The Kier molecular flexibility index (Phi) is 3.97. The molecule has 3 nitrogen and oxygen atoms in total. The molecule has 0 aliphatic rings. The zero-order valence-corrected chi connectivity index (χ0v) is 10.7. The van der Waals surface area contributed by atoms with Crippen molar-refractivity contribution in [2.75, 3.05) is 0 Å². The number of carbonyl (C=O) groups is 1. The van der Waals surface area contributed by atoms with Gasteiger partial charge in [-0.25, -0.2) is 0 Å². The molecule has 2 aromatic rings. The van der Waals surface area contributed by atoms with E-state index in [1.807, 2.05) is 6.07 Å². The first-order chi connectivity index (χ1) is 9.11. The van der Waals surface area contributed by atoms with Crippen molar-refractivity contribution in [2.45, 2.75) is 13.0 Å². The molecule has 98 valence electrons. The monoisotopic (exact) mass is 256 g/mol. The van der Waals surface area contributed by atoms with Gasteiger partial charge in [0.05, 0.1) is 6.10 Å². The van der Waals surface area contributed by atoms with Crippen LogP contribution in [-0.4, -0.2) is 16.0 Å². The number of phenols is 1. The maximum absolute atomic E-state index is 12.2. The molecule has 0 fully saturated rings. The van der Waals surface area contributed by atoms with E-state index in [9.17, 15) is 15.0 Å². The highest BCUT2D eigenvalue weighted by Gasteiger charge is 2.26. The summed E-state index contributed by atoms with van der Waals surface area (Å²) in [4.78, 5) is 12.2. The van der Waals surface area contributed by atoms with Crippen molar-refractivity contribution in [3.8, 4) is 5.75 Å². The smallest absolute Gasteiger partial charge is 0.168 e. The number of phenolic OH excluding ortho intramolecular Hbond substituents is 1. The predicted octanol–water partition coefficient (Wildman–Crippen LogP) is 2.94. The molecule has 0 radical (unpaired) electrons. The predicted molar refractivity (Wildman–Crippen MR) is 73.0 cm³/mol. The molecule has 2 aromatic carbocycles. The molecular weight excluding hydrogens is 240 g/mol. The largest absolute Gasteiger partial charge is 0.508 e. The van der Waals surface area contributed by atoms with E-state index in [1.165, 1.54) is 6.07 Å². The number of aliphatic hydroxyl groups is 1. The number of aliphatic hydroxyl groups excluding tert-OH is 1. The van der Waals surface area contributed by atoms with Crippen molar-refractivity contribution in [3.63, 3.8) is 0 Å². The number of rotatable bonds is 4. The SMILES string of the molecule is C[C@H](C(=O)c1ccccc1)[C@H](O)c1ccccc1O. The zero-order valence-electron chi connectivity index (χ0n) is 10.7. The van der Waals surface area contributed by atoms with Crippen LogP contribution < -0.4 is 0 Å². The van der Waals surface area contributed by atoms with Crippen molar-refractivity contribution >= 4 is 5.78 Å². The van der Waals surface area contributed by atoms with Crippen LogP contribution in [0.4, 0.5) is 0 Å². The van der Waals surface area contributed by atoms with E-state index in [0.717, 1.165) is 0 Å². The molecule has 0 heterocycles. The van der Waals surface area contributed by atoms with Crippen LogP contribution in [0.15, 0.2) is 54.6 Å². The summed E-state index contributed by atoms with van der Waals surface area (Å²) >= 11 is 0. The van der Waals surface area contributed by atoms with E-state index in [4.69, 9.17) is 0 Å². The van der Waals surface area contributed by atoms with Crippen LogP contribution in [-0.2, 0) is 0 Å². The lowest BCUT2D eigenvalue weighted by molar-refractivity contribution is 0.0708. The van der Waals surface area contributed by atoms with Gasteiger partial charge in [-0.2, -0.15) is 0 Å². The first-order valence-corrected chi connectivity index (χ1v) is 6.16. The summed E-state index contributed by atoms with van der Waals surface area (Å²) in [6.45, 7) is 1.66. The summed E-state index contributed by atoms with van der Waals surface area (Å²) in [5.74, 6) is -0.755. The molecule has 0 aromatic heterocycles. The number of para-hydroxylation sites is 1. The van der Waals surface area contributed by atoms with Crippen molar-refractivity contribution in [3.05, 3.63) is 65.7 Å². The van der Waals surface area contributed by atoms with Crippen LogP contribution in [0.2, 0.25) is 0 Å². The summed E-state index contributed by atoms with van der Waals surface area (Å²) in [6.07, 6.45) is -1.02. The molecule has 0 unspecified atom stereocenters. The lowest BCUT2D eigenvalue weighted by atomic mass is 9.90. The highest BCUT2D eigenvalue weighted by atomic mass is 16.3. The van der Waals surface area contributed by atoms with Crippen LogP contribution in [0.25, 0.3) is 0 Å². The molecule has 2 N–H and O–H groups in total. The fourth-order valence-electron chi connectivity index (χ4n) is 2.02. The number of Topliss-reactive ketones (excluding diaryl/α,β-unsaturated/α-hetero) is 1. The summed E-state index contributed by atoms with van der Waals surface area (Å²) in [6, 6.07) is 15.4. The Labute approximate surface area is 112 Å². The van der Waals surface area contributed by atoms with Gasteiger partial charge in [0.2, 0.25) is 0 Å². The van der Waals surface area contributed by atoms with Crippen LogP contribution in [0.1, 0.15) is 28.9 Å². The Morgan fingerprint density at radius 3 is 2.21 bits per heavy atom. The molecule has 0 spiro atoms. The van der Waals surface area contributed by atoms with E-state index >= 15 is 0 Å². The Morgan fingerprint density at radius 1 is 1.00 bits per heavy atom. The lowest BCUT2D eigenvalue weighted by Crippen LogP contribution is -2.19. The van der Waals surface area contributed by atoms with Crippen molar-refractivity contribution in [1.82, 2.24) is 0 Å². The van der Waals surface area contributed by atoms with E-state index in [1.54, 1.807) is 49.4 Å². The maximum atomic E-state index is 12.2. The third-order valence-corrected chi connectivity index (χ3v) is 3.20. The normalized spacial score (nSPS) is 13.8. The zero-order chi connectivity index (χ0) is 13.8. The summed E-state index contributed by atoms with van der Waals surface area (Å²) < 4.78 is 0. The third-order valence-electron chi connectivity index (χ3n) is 3.20. The van der Waals surface area contributed by atoms with Gasteiger partial charge >= 0.3 is 0 Å². The number of hydrogen-bond donors (Lipinski definition) is 2. The minimum Gasteiger partial charge on any atom is -0.508 e. The van der Waals surface area contributed by atoms with Gasteiger partial charge in [-0.15, -0.1) is 0 Å². The molecule has 0 saturated heterocycles. The Balaban J connectivity index is 2.23. The first kappa shape index (κ1) is 13.3. The highest BCUT2D eigenvalue weighted by molar-refractivity contribution is 5.98. The second-order valence-corrected chi connectivity index (χ2v) is 4.52. The second-order valence-electron chi connectivity index (χ2n) is 4.52. The summed E-state index contributed by atoms with van der Waals surface area (Å²) in [7, 11) is 0. The van der Waals surface area contributed by atoms with E-state index in [-0.39, 0.29) is 11.5 Å².